The molecule has 2 heterocycles. The van der Waals surface area contributed by atoms with Crippen LogP contribution in [0.1, 0.15) is 19.3 Å². The number of methoxy groups -OCH3 is 2. The van der Waals surface area contributed by atoms with Crippen LogP contribution in [0.2, 0.25) is 0 Å². The monoisotopic (exact) mass is 306 g/mol. The molecule has 0 radical (unpaired) electrons. The third kappa shape index (κ3) is 2.83. The van der Waals surface area contributed by atoms with Crippen molar-refractivity contribution in [1.82, 2.24) is 4.90 Å². The van der Waals surface area contributed by atoms with Gasteiger partial charge in [0.05, 0.1) is 26.4 Å². The zero-order valence-electron chi connectivity index (χ0n) is 13.1. The zero-order valence-corrected chi connectivity index (χ0v) is 13.1. The molecular formula is C16H22N2O4. The van der Waals surface area contributed by atoms with Crippen molar-refractivity contribution in [3.63, 3.8) is 0 Å². The first kappa shape index (κ1) is 15.0. The molecule has 22 heavy (non-hydrogen) atoms. The number of benzene rings is 1. The molecule has 1 aromatic carbocycles. The Labute approximate surface area is 130 Å². The van der Waals surface area contributed by atoms with E-state index in [1.165, 1.54) is 0 Å². The lowest BCUT2D eigenvalue weighted by Gasteiger charge is -2.47. The van der Waals surface area contributed by atoms with Gasteiger partial charge in [0.1, 0.15) is 0 Å². The number of anilines is 1. The van der Waals surface area contributed by atoms with Gasteiger partial charge in [0, 0.05) is 24.8 Å². The minimum Gasteiger partial charge on any atom is -0.493 e. The van der Waals surface area contributed by atoms with Gasteiger partial charge in [0.15, 0.2) is 11.5 Å². The largest absolute Gasteiger partial charge is 0.493 e. The van der Waals surface area contributed by atoms with E-state index < -0.39 is 0 Å². The second-order valence-corrected chi connectivity index (χ2v) is 5.77. The number of carbonyl (C=O) groups is 1. The first-order valence-corrected chi connectivity index (χ1v) is 7.58. The van der Waals surface area contributed by atoms with Crippen LogP contribution in [0.15, 0.2) is 18.2 Å². The Morgan fingerprint density at radius 3 is 2.41 bits per heavy atom. The molecule has 0 unspecified atom stereocenters. The number of hydrogen-bond donors (Lipinski definition) is 1. The summed E-state index contributed by atoms with van der Waals surface area (Å²) in [6.07, 6.45) is 2.97. The molecule has 1 N–H and O–H groups in total. The summed E-state index contributed by atoms with van der Waals surface area (Å²) in [5.74, 6) is 1.24. The minimum atomic E-state index is -0.0820. The molecule has 2 saturated heterocycles. The van der Waals surface area contributed by atoms with Crippen LogP contribution in [0.5, 0.6) is 11.5 Å². The number of hydrogen-bond acceptors (Lipinski definition) is 4. The van der Waals surface area contributed by atoms with Crippen molar-refractivity contribution in [3.05, 3.63) is 18.2 Å². The molecule has 0 bridgehead atoms. The number of carbonyl (C=O) groups excluding carboxylic acids is 1. The van der Waals surface area contributed by atoms with Crippen molar-refractivity contribution in [2.45, 2.75) is 24.9 Å². The van der Waals surface area contributed by atoms with Crippen LogP contribution in [0.3, 0.4) is 0 Å². The molecule has 0 aromatic heterocycles. The van der Waals surface area contributed by atoms with E-state index in [2.05, 4.69) is 5.32 Å². The first-order valence-electron chi connectivity index (χ1n) is 7.58. The van der Waals surface area contributed by atoms with Crippen molar-refractivity contribution in [2.75, 3.05) is 39.2 Å². The Kier molecular flexibility index (Phi) is 4.11. The first-order chi connectivity index (χ1) is 10.7. The van der Waals surface area contributed by atoms with Crippen LogP contribution in [-0.4, -0.2) is 50.4 Å². The SMILES string of the molecule is COc1ccc(NC(=O)N2CCC3(CCO3)CC2)cc1OC. The van der Waals surface area contributed by atoms with Gasteiger partial charge >= 0.3 is 6.03 Å². The fourth-order valence-electron chi connectivity index (χ4n) is 3.02. The number of nitrogens with one attached hydrogen (secondary N) is 1. The van der Waals surface area contributed by atoms with Crippen molar-refractivity contribution in [2.24, 2.45) is 0 Å². The second kappa shape index (κ2) is 6.04. The van der Waals surface area contributed by atoms with Gasteiger partial charge in [-0.15, -0.1) is 0 Å². The molecule has 6 heteroatoms. The highest BCUT2D eigenvalue weighted by Crippen LogP contribution is 2.37. The van der Waals surface area contributed by atoms with E-state index in [1.54, 1.807) is 32.4 Å². The van der Waals surface area contributed by atoms with Crippen LogP contribution < -0.4 is 14.8 Å². The highest BCUT2D eigenvalue weighted by molar-refractivity contribution is 5.89. The Morgan fingerprint density at radius 2 is 1.86 bits per heavy atom. The van der Waals surface area contributed by atoms with E-state index in [1.807, 2.05) is 4.90 Å². The molecule has 2 amide bonds. The molecule has 3 rings (SSSR count). The summed E-state index contributed by atoms with van der Waals surface area (Å²) in [6, 6.07) is 5.26. The van der Waals surface area contributed by atoms with Gasteiger partial charge in [-0.2, -0.15) is 0 Å². The van der Waals surface area contributed by atoms with E-state index in [-0.39, 0.29) is 11.6 Å². The average molecular weight is 306 g/mol. The zero-order chi connectivity index (χ0) is 15.6. The van der Waals surface area contributed by atoms with E-state index in [0.29, 0.717) is 17.2 Å². The van der Waals surface area contributed by atoms with Gasteiger partial charge in [-0.3, -0.25) is 0 Å². The second-order valence-electron chi connectivity index (χ2n) is 5.77. The smallest absolute Gasteiger partial charge is 0.321 e. The number of nitrogens with zero attached hydrogens (tertiary/aromatic N) is 1. The predicted molar refractivity (Wildman–Crippen MR) is 82.7 cm³/mol. The molecule has 0 aliphatic carbocycles. The number of likely N-dealkylation sites (tertiary alicyclic amines) is 1. The lowest BCUT2D eigenvalue weighted by atomic mass is 9.84. The highest BCUT2D eigenvalue weighted by atomic mass is 16.5. The van der Waals surface area contributed by atoms with E-state index in [0.717, 1.165) is 39.0 Å². The Balaban J connectivity index is 1.60. The topological polar surface area (TPSA) is 60.0 Å². The average Bonchev–Trinajstić information content (AvgIpc) is 2.53. The summed E-state index contributed by atoms with van der Waals surface area (Å²) in [7, 11) is 3.16. The summed E-state index contributed by atoms with van der Waals surface area (Å²) in [4.78, 5) is 14.2. The van der Waals surface area contributed by atoms with Crippen molar-refractivity contribution in [3.8, 4) is 11.5 Å². The van der Waals surface area contributed by atoms with Gasteiger partial charge in [-0.05, 0) is 31.4 Å². The fraction of sp³-hybridized carbons (Fsp3) is 0.562. The summed E-state index contributed by atoms with van der Waals surface area (Å²) in [5.41, 5.74) is 0.753. The lowest BCUT2D eigenvalue weighted by molar-refractivity contribution is -0.168. The molecular weight excluding hydrogens is 284 g/mol. The fourth-order valence-corrected chi connectivity index (χ4v) is 3.02. The lowest BCUT2D eigenvalue weighted by Crippen LogP contribution is -2.54. The number of piperidine rings is 1. The third-order valence-corrected chi connectivity index (χ3v) is 4.56. The van der Waals surface area contributed by atoms with E-state index in [4.69, 9.17) is 14.2 Å². The molecule has 2 aliphatic heterocycles. The Bertz CT molecular complexity index is 547. The van der Waals surface area contributed by atoms with Crippen molar-refractivity contribution >= 4 is 11.7 Å². The summed E-state index contributed by atoms with van der Waals surface area (Å²) in [5, 5.41) is 2.91. The highest BCUT2D eigenvalue weighted by Gasteiger charge is 2.41. The van der Waals surface area contributed by atoms with E-state index in [9.17, 15) is 4.79 Å². The van der Waals surface area contributed by atoms with Crippen LogP contribution in [0, 0.1) is 0 Å². The van der Waals surface area contributed by atoms with Crippen molar-refractivity contribution in [1.29, 1.82) is 0 Å². The van der Waals surface area contributed by atoms with E-state index >= 15 is 0 Å². The van der Waals surface area contributed by atoms with Crippen LogP contribution in [-0.2, 0) is 4.74 Å². The summed E-state index contributed by atoms with van der Waals surface area (Å²) < 4.78 is 16.1. The molecule has 6 nitrogen and oxygen atoms in total. The van der Waals surface area contributed by atoms with Crippen LogP contribution in [0.4, 0.5) is 10.5 Å². The van der Waals surface area contributed by atoms with Gasteiger partial charge in [0.25, 0.3) is 0 Å². The number of urea groups is 1. The van der Waals surface area contributed by atoms with Gasteiger partial charge in [0.2, 0.25) is 0 Å². The summed E-state index contributed by atoms with van der Waals surface area (Å²) >= 11 is 0. The maximum atomic E-state index is 12.3. The predicted octanol–water partition coefficient (Wildman–Crippen LogP) is 2.49. The van der Waals surface area contributed by atoms with Crippen molar-refractivity contribution < 1.29 is 19.0 Å². The summed E-state index contributed by atoms with van der Waals surface area (Å²) in [6.45, 7) is 2.33. The van der Waals surface area contributed by atoms with Gasteiger partial charge < -0.3 is 24.4 Å². The normalized spacial score (nSPS) is 19.5. The van der Waals surface area contributed by atoms with Gasteiger partial charge in [-0.25, -0.2) is 4.79 Å². The maximum Gasteiger partial charge on any atom is 0.321 e. The molecule has 2 aliphatic rings. The Morgan fingerprint density at radius 1 is 1.18 bits per heavy atom. The van der Waals surface area contributed by atoms with Gasteiger partial charge in [-0.1, -0.05) is 0 Å². The number of ether oxygens (including phenoxy) is 3. The minimum absolute atomic E-state index is 0.0557. The molecule has 1 spiro atoms. The quantitative estimate of drug-likeness (QED) is 0.932. The maximum absolute atomic E-state index is 12.3. The number of amides is 2. The standard InChI is InChI=1S/C16H22N2O4/c1-20-13-4-3-12(11-14(13)21-2)17-15(19)18-8-5-16(6-9-18)7-10-22-16/h3-4,11H,5-10H2,1-2H3,(H,17,19). The molecule has 0 atom stereocenters. The third-order valence-electron chi connectivity index (χ3n) is 4.56. The molecule has 120 valence electrons. The number of rotatable bonds is 3. The van der Waals surface area contributed by atoms with Crippen LogP contribution >= 0.6 is 0 Å². The Hall–Kier alpha value is -1.95. The molecule has 1 aromatic rings. The molecule has 2 fully saturated rings. The molecule has 0 saturated carbocycles. The van der Waals surface area contributed by atoms with Crippen LogP contribution in [0.25, 0.3) is 0 Å².